The zero-order chi connectivity index (χ0) is 17.4. The van der Waals surface area contributed by atoms with Gasteiger partial charge in [-0.3, -0.25) is 4.79 Å². The molecule has 7 heteroatoms. The van der Waals surface area contributed by atoms with Crippen LogP contribution in [0.25, 0.3) is 0 Å². The lowest BCUT2D eigenvalue weighted by atomic mass is 9.83. The predicted octanol–water partition coefficient (Wildman–Crippen LogP) is 4.52. The van der Waals surface area contributed by atoms with Crippen LogP contribution in [0.5, 0.6) is 5.75 Å². The lowest BCUT2D eigenvalue weighted by molar-refractivity contribution is -0.222. The Bertz CT molecular complexity index is 693. The molecule has 1 N–H and O–H groups in total. The van der Waals surface area contributed by atoms with E-state index in [1.807, 2.05) is 20.8 Å². The minimum Gasteiger partial charge on any atom is -0.481 e. The van der Waals surface area contributed by atoms with Crippen molar-refractivity contribution in [2.24, 2.45) is 5.41 Å². The molecule has 0 saturated heterocycles. The van der Waals surface area contributed by atoms with Gasteiger partial charge in [0, 0.05) is 16.5 Å². The fraction of sp³-hybridized carbons (Fsp3) is 0.562. The van der Waals surface area contributed by atoms with E-state index in [9.17, 15) is 23.1 Å². The van der Waals surface area contributed by atoms with Gasteiger partial charge in [-0.25, -0.2) is 0 Å². The van der Waals surface area contributed by atoms with Crippen LogP contribution in [0, 0.1) is 5.41 Å². The molecule has 0 aromatic heterocycles. The number of aliphatic carboxylic acids is 1. The summed E-state index contributed by atoms with van der Waals surface area (Å²) < 4.78 is 45.1. The van der Waals surface area contributed by atoms with E-state index in [4.69, 9.17) is 16.3 Å². The molecular formula is C16H16ClF3O3. The van der Waals surface area contributed by atoms with Crippen molar-refractivity contribution in [1.29, 1.82) is 0 Å². The van der Waals surface area contributed by atoms with Gasteiger partial charge in [0.2, 0.25) is 6.10 Å². The predicted molar refractivity (Wildman–Crippen MR) is 78.0 cm³/mol. The third-order valence-electron chi connectivity index (χ3n) is 4.69. The number of carboxylic acids is 1. The van der Waals surface area contributed by atoms with Gasteiger partial charge in [0.05, 0.1) is 0 Å². The van der Waals surface area contributed by atoms with Crippen LogP contribution < -0.4 is 4.74 Å². The molecule has 2 unspecified atom stereocenters. The van der Waals surface area contributed by atoms with Crippen LogP contribution in [0.1, 0.15) is 44.2 Å². The molecule has 1 aliphatic heterocycles. The van der Waals surface area contributed by atoms with Gasteiger partial charge >= 0.3 is 12.1 Å². The number of carbonyl (C=O) groups is 1. The van der Waals surface area contributed by atoms with Crippen molar-refractivity contribution in [3.05, 3.63) is 28.3 Å². The van der Waals surface area contributed by atoms with Crippen molar-refractivity contribution in [3.8, 4) is 5.75 Å². The maximum atomic E-state index is 13.3. The normalized spacial score (nSPS) is 29.3. The van der Waals surface area contributed by atoms with Crippen molar-refractivity contribution < 1.29 is 27.8 Å². The summed E-state index contributed by atoms with van der Waals surface area (Å²) in [5.41, 5.74) is -1.18. The van der Waals surface area contributed by atoms with Gasteiger partial charge in [-0.1, -0.05) is 32.4 Å². The van der Waals surface area contributed by atoms with E-state index in [0.717, 1.165) is 0 Å². The van der Waals surface area contributed by atoms with Crippen molar-refractivity contribution >= 4 is 17.6 Å². The molecule has 1 saturated carbocycles. The van der Waals surface area contributed by atoms with E-state index >= 15 is 0 Å². The maximum absolute atomic E-state index is 13.3. The maximum Gasteiger partial charge on any atom is 0.426 e. The van der Waals surface area contributed by atoms with E-state index < -0.39 is 29.6 Å². The fourth-order valence-electron chi connectivity index (χ4n) is 3.41. The summed E-state index contributed by atoms with van der Waals surface area (Å²) >= 11 is 6.26. The van der Waals surface area contributed by atoms with Crippen molar-refractivity contribution in [2.75, 3.05) is 0 Å². The number of halogens is 4. The van der Waals surface area contributed by atoms with Gasteiger partial charge < -0.3 is 9.84 Å². The average molecular weight is 349 g/mol. The van der Waals surface area contributed by atoms with E-state index in [1.54, 1.807) is 6.07 Å². The van der Waals surface area contributed by atoms with E-state index in [0.29, 0.717) is 16.1 Å². The SMILES string of the molecule is CC(C)(C)c1cc2c(cc1Cl)C1CC1(C(=O)O)[C@@H](C(F)(F)F)O2. The minimum absolute atomic E-state index is 0.0843. The second-order valence-corrected chi connectivity index (χ2v) is 7.67. The summed E-state index contributed by atoms with van der Waals surface area (Å²) in [6.45, 7) is 5.68. The van der Waals surface area contributed by atoms with Crippen LogP contribution in [-0.2, 0) is 10.2 Å². The van der Waals surface area contributed by atoms with Gasteiger partial charge in [0.1, 0.15) is 11.2 Å². The third kappa shape index (κ3) is 2.30. The Morgan fingerprint density at radius 2 is 1.96 bits per heavy atom. The Morgan fingerprint density at radius 3 is 2.43 bits per heavy atom. The molecule has 0 bridgehead atoms. The monoisotopic (exact) mass is 348 g/mol. The molecular weight excluding hydrogens is 333 g/mol. The molecule has 1 aromatic carbocycles. The highest BCUT2D eigenvalue weighted by atomic mass is 35.5. The van der Waals surface area contributed by atoms with Gasteiger partial charge in [0.25, 0.3) is 0 Å². The minimum atomic E-state index is -4.74. The van der Waals surface area contributed by atoms with Crippen LogP contribution in [0.2, 0.25) is 5.02 Å². The number of alkyl halides is 3. The Labute approximate surface area is 136 Å². The first-order chi connectivity index (χ1) is 10.4. The molecule has 1 aromatic rings. The van der Waals surface area contributed by atoms with Crippen molar-refractivity contribution in [3.63, 3.8) is 0 Å². The number of carboxylic acid groups (broad SMARTS) is 1. The number of hydrogen-bond acceptors (Lipinski definition) is 2. The van der Waals surface area contributed by atoms with Crippen LogP contribution in [0.4, 0.5) is 13.2 Å². The molecule has 0 radical (unpaired) electrons. The molecule has 2 aliphatic rings. The Balaban J connectivity index is 2.14. The highest BCUT2D eigenvalue weighted by Gasteiger charge is 2.75. The smallest absolute Gasteiger partial charge is 0.426 e. The summed E-state index contributed by atoms with van der Waals surface area (Å²) in [6.07, 6.45) is -7.17. The van der Waals surface area contributed by atoms with Gasteiger partial charge in [0.15, 0.2) is 0 Å². The molecule has 0 amide bonds. The lowest BCUT2D eigenvalue weighted by Gasteiger charge is -2.34. The van der Waals surface area contributed by atoms with E-state index in [-0.39, 0.29) is 17.6 Å². The number of hydrogen-bond donors (Lipinski definition) is 1. The lowest BCUT2D eigenvalue weighted by Crippen LogP contribution is -2.48. The molecule has 3 atom stereocenters. The van der Waals surface area contributed by atoms with Crippen LogP contribution in [0.15, 0.2) is 12.1 Å². The summed E-state index contributed by atoms with van der Waals surface area (Å²) in [7, 11) is 0. The molecule has 23 heavy (non-hydrogen) atoms. The van der Waals surface area contributed by atoms with Crippen LogP contribution >= 0.6 is 11.6 Å². The molecule has 3 nitrogen and oxygen atoms in total. The Morgan fingerprint density at radius 1 is 1.35 bits per heavy atom. The second kappa shape index (κ2) is 4.56. The standard InChI is InChI=1S/C16H16ClF3O3/c1-14(2,3)8-5-11-7(4-10(8)17)9-6-15(9,13(21)22)12(23-11)16(18,19)20/h4-5,9,12H,6H2,1-3H3,(H,21,22)/t9?,12-,15?/m0/s1. The zero-order valence-corrected chi connectivity index (χ0v) is 13.5. The molecule has 3 rings (SSSR count). The number of ether oxygens (including phenoxy) is 1. The van der Waals surface area contributed by atoms with Crippen molar-refractivity contribution in [1.82, 2.24) is 0 Å². The topological polar surface area (TPSA) is 46.5 Å². The third-order valence-corrected chi connectivity index (χ3v) is 5.01. The molecule has 126 valence electrons. The number of fused-ring (bicyclic) bond motifs is 3. The summed E-state index contributed by atoms with van der Waals surface area (Å²) in [6, 6.07) is 3.07. The largest absolute Gasteiger partial charge is 0.481 e. The van der Waals surface area contributed by atoms with Crippen molar-refractivity contribution in [2.45, 2.75) is 50.8 Å². The number of benzene rings is 1. The quantitative estimate of drug-likeness (QED) is 0.811. The van der Waals surface area contributed by atoms with Gasteiger partial charge in [-0.2, -0.15) is 13.2 Å². The fourth-order valence-corrected chi connectivity index (χ4v) is 3.87. The van der Waals surface area contributed by atoms with Gasteiger partial charge in [-0.15, -0.1) is 0 Å². The number of rotatable bonds is 1. The first kappa shape index (κ1) is 16.4. The molecule has 1 fully saturated rings. The first-order valence-electron chi connectivity index (χ1n) is 7.19. The molecule has 1 heterocycles. The Kier molecular flexibility index (Phi) is 3.26. The first-order valence-corrected chi connectivity index (χ1v) is 7.57. The van der Waals surface area contributed by atoms with Crippen LogP contribution in [0.3, 0.4) is 0 Å². The molecule has 0 spiro atoms. The summed E-state index contributed by atoms with van der Waals surface area (Å²) in [5, 5.41) is 9.75. The summed E-state index contributed by atoms with van der Waals surface area (Å²) in [5.74, 6) is -2.12. The average Bonchev–Trinajstić information content (AvgIpc) is 3.11. The zero-order valence-electron chi connectivity index (χ0n) is 12.8. The summed E-state index contributed by atoms with van der Waals surface area (Å²) in [4.78, 5) is 11.5. The van der Waals surface area contributed by atoms with E-state index in [1.165, 1.54) is 6.07 Å². The highest BCUT2D eigenvalue weighted by Crippen LogP contribution is 2.69. The Hall–Kier alpha value is -1.43. The van der Waals surface area contributed by atoms with Crippen LogP contribution in [-0.4, -0.2) is 23.4 Å². The molecule has 1 aliphatic carbocycles. The highest BCUT2D eigenvalue weighted by molar-refractivity contribution is 6.31. The van der Waals surface area contributed by atoms with Gasteiger partial charge in [-0.05, 0) is 29.5 Å². The second-order valence-electron chi connectivity index (χ2n) is 7.26. The van der Waals surface area contributed by atoms with E-state index in [2.05, 4.69) is 0 Å².